The first-order chi connectivity index (χ1) is 13.8. The Kier molecular flexibility index (Phi) is 3.84. The summed E-state index contributed by atoms with van der Waals surface area (Å²) in [5, 5.41) is 0. The van der Waals surface area contributed by atoms with Gasteiger partial charge in [0.05, 0.1) is 11.0 Å². The van der Waals surface area contributed by atoms with E-state index in [-0.39, 0.29) is 5.78 Å². The van der Waals surface area contributed by atoms with Crippen LogP contribution < -0.4 is 0 Å². The molecule has 5 rings (SSSR count). The lowest BCUT2D eigenvalue weighted by molar-refractivity contribution is 0.103. The third-order valence-corrected chi connectivity index (χ3v) is 4.72. The number of hydrogen-bond donors (Lipinski definition) is 2. The molecule has 2 N–H and O–H groups in total. The minimum atomic E-state index is -0.00497. The average Bonchev–Trinajstić information content (AvgIpc) is 3.43. The molecule has 5 nitrogen and oxygen atoms in total. The number of hydrogen-bond acceptors (Lipinski definition) is 3. The Hall–Kier alpha value is -3.99. The van der Waals surface area contributed by atoms with Crippen LogP contribution in [0.3, 0.4) is 0 Å². The van der Waals surface area contributed by atoms with E-state index < -0.39 is 0 Å². The SMILES string of the molecule is O=C(c1ccccc1)c1ccc2nc(-c3ccccc3-c3ncc[nH]3)[nH]c2c1. The van der Waals surface area contributed by atoms with Gasteiger partial charge in [0.1, 0.15) is 11.6 Å². The van der Waals surface area contributed by atoms with Gasteiger partial charge in [0.15, 0.2) is 5.78 Å². The highest BCUT2D eigenvalue weighted by Gasteiger charge is 2.14. The van der Waals surface area contributed by atoms with E-state index in [1.165, 1.54) is 0 Å². The molecule has 5 aromatic rings. The summed E-state index contributed by atoms with van der Waals surface area (Å²) in [5.74, 6) is 1.52. The van der Waals surface area contributed by atoms with Gasteiger partial charge in [-0.15, -0.1) is 0 Å². The predicted molar refractivity (Wildman–Crippen MR) is 109 cm³/mol. The summed E-state index contributed by atoms with van der Waals surface area (Å²) in [5.41, 5.74) is 4.86. The normalized spacial score (nSPS) is 11.0. The number of aromatic amines is 2. The van der Waals surface area contributed by atoms with E-state index in [1.54, 1.807) is 12.4 Å². The van der Waals surface area contributed by atoms with Crippen LogP contribution in [-0.2, 0) is 0 Å². The third kappa shape index (κ3) is 2.79. The summed E-state index contributed by atoms with van der Waals surface area (Å²) in [6.45, 7) is 0. The van der Waals surface area contributed by atoms with Crippen molar-refractivity contribution in [2.45, 2.75) is 0 Å². The molecule has 0 aliphatic carbocycles. The molecule has 3 aromatic carbocycles. The molecular weight excluding hydrogens is 348 g/mol. The number of carbonyl (C=O) groups excluding carboxylic acids is 1. The number of benzene rings is 3. The third-order valence-electron chi connectivity index (χ3n) is 4.72. The zero-order chi connectivity index (χ0) is 18.9. The van der Waals surface area contributed by atoms with E-state index in [0.29, 0.717) is 11.1 Å². The molecule has 0 fully saturated rings. The van der Waals surface area contributed by atoms with Crippen molar-refractivity contribution in [2.75, 3.05) is 0 Å². The summed E-state index contributed by atoms with van der Waals surface area (Å²) in [7, 11) is 0. The summed E-state index contributed by atoms with van der Waals surface area (Å²) in [4.78, 5) is 28.3. The maximum Gasteiger partial charge on any atom is 0.193 e. The van der Waals surface area contributed by atoms with Crippen molar-refractivity contribution < 1.29 is 4.79 Å². The molecule has 0 atom stereocenters. The maximum atomic E-state index is 12.7. The number of H-pyrrole nitrogens is 2. The fourth-order valence-corrected chi connectivity index (χ4v) is 3.34. The first-order valence-electron chi connectivity index (χ1n) is 8.98. The second kappa shape index (κ2) is 6.63. The van der Waals surface area contributed by atoms with Gasteiger partial charge < -0.3 is 9.97 Å². The van der Waals surface area contributed by atoms with Crippen LogP contribution in [0.15, 0.2) is 85.2 Å². The van der Waals surface area contributed by atoms with Crippen molar-refractivity contribution in [2.24, 2.45) is 0 Å². The van der Waals surface area contributed by atoms with Crippen LogP contribution >= 0.6 is 0 Å². The summed E-state index contributed by atoms with van der Waals surface area (Å²) in [6.07, 6.45) is 3.53. The van der Waals surface area contributed by atoms with Gasteiger partial charge in [-0.2, -0.15) is 0 Å². The number of rotatable bonds is 4. The summed E-state index contributed by atoms with van der Waals surface area (Å²) in [6, 6.07) is 22.8. The Balaban J connectivity index is 1.58. The van der Waals surface area contributed by atoms with Crippen molar-refractivity contribution in [3.8, 4) is 22.8 Å². The van der Waals surface area contributed by atoms with Crippen LogP contribution in [0, 0.1) is 0 Å². The molecule has 134 valence electrons. The van der Waals surface area contributed by atoms with Crippen molar-refractivity contribution in [3.05, 3.63) is 96.3 Å². The molecule has 0 saturated heterocycles. The lowest BCUT2D eigenvalue weighted by Gasteiger charge is -2.04. The van der Waals surface area contributed by atoms with Gasteiger partial charge in [-0.1, -0.05) is 54.6 Å². The topological polar surface area (TPSA) is 74.4 Å². The van der Waals surface area contributed by atoms with Gasteiger partial charge in [-0.25, -0.2) is 9.97 Å². The Morgan fingerprint density at radius 3 is 2.29 bits per heavy atom. The quantitative estimate of drug-likeness (QED) is 0.448. The van der Waals surface area contributed by atoms with E-state index in [1.807, 2.05) is 72.8 Å². The van der Waals surface area contributed by atoms with Crippen LogP contribution in [0.4, 0.5) is 0 Å². The predicted octanol–water partition coefficient (Wildman–Crippen LogP) is 4.85. The number of carbonyl (C=O) groups is 1. The molecule has 0 saturated carbocycles. The van der Waals surface area contributed by atoms with Crippen LogP contribution in [0.5, 0.6) is 0 Å². The Labute approximate surface area is 161 Å². The minimum absolute atomic E-state index is 0.00497. The first kappa shape index (κ1) is 16.2. The molecule has 0 aliphatic rings. The maximum absolute atomic E-state index is 12.7. The lowest BCUT2D eigenvalue weighted by Crippen LogP contribution is -2.00. The highest BCUT2D eigenvalue weighted by molar-refractivity contribution is 6.10. The molecule has 0 spiro atoms. The van der Waals surface area contributed by atoms with Crippen molar-refractivity contribution in [1.29, 1.82) is 0 Å². The van der Waals surface area contributed by atoms with Crippen LogP contribution in [0.1, 0.15) is 15.9 Å². The van der Waals surface area contributed by atoms with Crippen molar-refractivity contribution >= 4 is 16.8 Å². The van der Waals surface area contributed by atoms with Gasteiger partial charge in [0.2, 0.25) is 0 Å². The first-order valence-corrected chi connectivity index (χ1v) is 8.98. The van der Waals surface area contributed by atoms with Gasteiger partial charge >= 0.3 is 0 Å². The number of nitrogens with zero attached hydrogens (tertiary/aromatic N) is 2. The van der Waals surface area contributed by atoms with Crippen molar-refractivity contribution in [3.63, 3.8) is 0 Å². The van der Waals surface area contributed by atoms with E-state index in [4.69, 9.17) is 4.98 Å². The van der Waals surface area contributed by atoms with E-state index in [2.05, 4.69) is 15.0 Å². The second-order valence-corrected chi connectivity index (χ2v) is 6.50. The number of nitrogens with one attached hydrogen (secondary N) is 2. The Bertz CT molecular complexity index is 1270. The zero-order valence-corrected chi connectivity index (χ0v) is 14.9. The molecule has 0 bridgehead atoms. The monoisotopic (exact) mass is 364 g/mol. The minimum Gasteiger partial charge on any atom is -0.345 e. The standard InChI is InChI=1S/C23H16N4O/c28-21(15-6-2-1-3-7-15)16-10-11-19-20(14-16)27-23(26-19)18-9-5-4-8-17(18)22-24-12-13-25-22/h1-14H,(H,24,25)(H,26,27). The van der Waals surface area contributed by atoms with E-state index in [9.17, 15) is 4.79 Å². The van der Waals surface area contributed by atoms with Crippen LogP contribution in [-0.4, -0.2) is 25.7 Å². The zero-order valence-electron chi connectivity index (χ0n) is 14.9. The molecule has 0 aliphatic heterocycles. The number of aromatic nitrogens is 4. The average molecular weight is 364 g/mol. The van der Waals surface area contributed by atoms with E-state index in [0.717, 1.165) is 33.8 Å². The van der Waals surface area contributed by atoms with Crippen LogP contribution in [0.25, 0.3) is 33.8 Å². The van der Waals surface area contributed by atoms with Gasteiger partial charge in [0, 0.05) is 34.6 Å². The second-order valence-electron chi connectivity index (χ2n) is 6.50. The molecule has 0 radical (unpaired) electrons. The Morgan fingerprint density at radius 2 is 1.54 bits per heavy atom. The van der Waals surface area contributed by atoms with Gasteiger partial charge in [-0.05, 0) is 18.2 Å². The highest BCUT2D eigenvalue weighted by Crippen LogP contribution is 2.30. The van der Waals surface area contributed by atoms with Gasteiger partial charge in [0.25, 0.3) is 0 Å². The van der Waals surface area contributed by atoms with Crippen molar-refractivity contribution in [1.82, 2.24) is 19.9 Å². The van der Waals surface area contributed by atoms with Crippen LogP contribution in [0.2, 0.25) is 0 Å². The lowest BCUT2D eigenvalue weighted by atomic mass is 10.0. The molecule has 5 heteroatoms. The fourth-order valence-electron chi connectivity index (χ4n) is 3.34. The number of ketones is 1. The number of fused-ring (bicyclic) bond motifs is 1. The molecule has 0 amide bonds. The molecule has 2 aromatic heterocycles. The molecule has 0 unspecified atom stereocenters. The Morgan fingerprint density at radius 1 is 0.786 bits per heavy atom. The highest BCUT2D eigenvalue weighted by atomic mass is 16.1. The largest absolute Gasteiger partial charge is 0.345 e. The number of imidazole rings is 2. The summed E-state index contributed by atoms with van der Waals surface area (Å²) >= 11 is 0. The summed E-state index contributed by atoms with van der Waals surface area (Å²) < 4.78 is 0. The van der Waals surface area contributed by atoms with E-state index >= 15 is 0 Å². The van der Waals surface area contributed by atoms with Gasteiger partial charge in [-0.3, -0.25) is 4.79 Å². The molecule has 28 heavy (non-hydrogen) atoms. The molecular formula is C23H16N4O. The smallest absolute Gasteiger partial charge is 0.193 e. The molecule has 2 heterocycles. The fraction of sp³-hybridized carbons (Fsp3) is 0.